The Bertz CT molecular complexity index is 551. The summed E-state index contributed by atoms with van der Waals surface area (Å²) in [6.07, 6.45) is 0.120. The van der Waals surface area contributed by atoms with Crippen LogP contribution in [0.25, 0.3) is 0 Å². The van der Waals surface area contributed by atoms with Crippen LogP contribution in [0.2, 0.25) is 0 Å². The SMILES string of the molecule is CC1Oc2ccccc2S[C@H]1c1ccc(O)cc1. The lowest BCUT2D eigenvalue weighted by Crippen LogP contribution is -2.23. The normalized spacial score (nSPS) is 22.1. The molecular formula is C15H14O2S. The number of phenols is 1. The topological polar surface area (TPSA) is 29.5 Å². The van der Waals surface area contributed by atoms with Gasteiger partial charge in [-0.2, -0.15) is 0 Å². The van der Waals surface area contributed by atoms with Gasteiger partial charge in [0.05, 0.1) is 10.1 Å². The Morgan fingerprint density at radius 2 is 1.78 bits per heavy atom. The van der Waals surface area contributed by atoms with Crippen molar-refractivity contribution in [2.45, 2.75) is 23.2 Å². The average Bonchev–Trinajstić information content (AvgIpc) is 2.39. The average molecular weight is 258 g/mol. The van der Waals surface area contributed by atoms with E-state index in [0.29, 0.717) is 5.75 Å². The maximum atomic E-state index is 9.34. The van der Waals surface area contributed by atoms with Crippen LogP contribution in [-0.4, -0.2) is 11.2 Å². The molecule has 1 N–H and O–H groups in total. The van der Waals surface area contributed by atoms with E-state index in [1.807, 2.05) is 42.1 Å². The first-order chi connectivity index (χ1) is 8.74. The van der Waals surface area contributed by atoms with Crippen LogP contribution in [0.1, 0.15) is 17.7 Å². The Labute approximate surface area is 111 Å². The first-order valence-electron chi connectivity index (χ1n) is 5.95. The summed E-state index contributed by atoms with van der Waals surface area (Å²) in [5.74, 6) is 1.26. The van der Waals surface area contributed by atoms with E-state index < -0.39 is 0 Å². The third kappa shape index (κ3) is 2.06. The van der Waals surface area contributed by atoms with Gasteiger partial charge in [0, 0.05) is 0 Å². The van der Waals surface area contributed by atoms with E-state index in [4.69, 9.17) is 4.74 Å². The van der Waals surface area contributed by atoms with E-state index in [0.717, 1.165) is 5.75 Å². The van der Waals surface area contributed by atoms with Crippen LogP contribution in [0.3, 0.4) is 0 Å². The predicted octanol–water partition coefficient (Wildman–Crippen LogP) is 4.01. The molecule has 0 spiro atoms. The smallest absolute Gasteiger partial charge is 0.133 e. The minimum atomic E-state index is 0.120. The Morgan fingerprint density at radius 1 is 1.06 bits per heavy atom. The first-order valence-corrected chi connectivity index (χ1v) is 6.83. The second kappa shape index (κ2) is 4.58. The van der Waals surface area contributed by atoms with E-state index in [1.165, 1.54) is 10.5 Å². The van der Waals surface area contributed by atoms with Gasteiger partial charge in [-0.05, 0) is 36.8 Å². The quantitative estimate of drug-likeness (QED) is 0.838. The molecule has 0 amide bonds. The molecule has 0 aromatic heterocycles. The van der Waals surface area contributed by atoms with E-state index >= 15 is 0 Å². The minimum absolute atomic E-state index is 0.120. The molecule has 18 heavy (non-hydrogen) atoms. The fraction of sp³-hybridized carbons (Fsp3) is 0.200. The lowest BCUT2D eigenvalue weighted by molar-refractivity contribution is 0.207. The summed E-state index contributed by atoms with van der Waals surface area (Å²) in [5, 5.41) is 9.61. The maximum absolute atomic E-state index is 9.34. The molecule has 0 saturated carbocycles. The maximum Gasteiger partial charge on any atom is 0.133 e. The molecule has 1 heterocycles. The summed E-state index contributed by atoms with van der Waals surface area (Å²) in [6.45, 7) is 2.08. The van der Waals surface area contributed by atoms with Crippen molar-refractivity contribution in [1.82, 2.24) is 0 Å². The zero-order valence-electron chi connectivity index (χ0n) is 10.0. The zero-order chi connectivity index (χ0) is 12.5. The number of rotatable bonds is 1. The molecule has 0 bridgehead atoms. The second-order valence-corrected chi connectivity index (χ2v) is 5.58. The van der Waals surface area contributed by atoms with Crippen molar-refractivity contribution in [2.24, 2.45) is 0 Å². The molecule has 92 valence electrons. The van der Waals surface area contributed by atoms with Crippen molar-refractivity contribution in [3.05, 3.63) is 54.1 Å². The molecule has 0 aliphatic carbocycles. The highest BCUT2D eigenvalue weighted by Crippen LogP contribution is 2.47. The molecule has 2 aromatic rings. The Hall–Kier alpha value is -1.61. The van der Waals surface area contributed by atoms with Crippen LogP contribution in [0, 0.1) is 0 Å². The van der Waals surface area contributed by atoms with Crippen molar-refractivity contribution in [1.29, 1.82) is 0 Å². The molecule has 3 rings (SSSR count). The molecule has 1 unspecified atom stereocenters. The van der Waals surface area contributed by atoms with Crippen LogP contribution >= 0.6 is 11.8 Å². The van der Waals surface area contributed by atoms with Gasteiger partial charge in [-0.3, -0.25) is 0 Å². The predicted molar refractivity (Wildman–Crippen MR) is 73.2 cm³/mol. The van der Waals surface area contributed by atoms with E-state index in [1.54, 1.807) is 12.1 Å². The van der Waals surface area contributed by atoms with Crippen LogP contribution in [0.4, 0.5) is 0 Å². The molecule has 2 atom stereocenters. The van der Waals surface area contributed by atoms with Crippen LogP contribution in [0.15, 0.2) is 53.4 Å². The number of aromatic hydroxyl groups is 1. The summed E-state index contributed by atoms with van der Waals surface area (Å²) in [4.78, 5) is 1.17. The van der Waals surface area contributed by atoms with Gasteiger partial charge in [-0.15, -0.1) is 11.8 Å². The van der Waals surface area contributed by atoms with Crippen LogP contribution in [-0.2, 0) is 0 Å². The van der Waals surface area contributed by atoms with E-state index in [-0.39, 0.29) is 11.4 Å². The number of hydrogen-bond donors (Lipinski definition) is 1. The van der Waals surface area contributed by atoms with Crippen molar-refractivity contribution in [3.8, 4) is 11.5 Å². The molecular weight excluding hydrogens is 244 g/mol. The third-order valence-corrected chi connectivity index (χ3v) is 4.56. The number of benzene rings is 2. The molecule has 2 nitrogen and oxygen atoms in total. The fourth-order valence-corrected chi connectivity index (χ4v) is 3.35. The van der Waals surface area contributed by atoms with Gasteiger partial charge in [-0.1, -0.05) is 24.3 Å². The number of fused-ring (bicyclic) bond motifs is 1. The van der Waals surface area contributed by atoms with Crippen LogP contribution < -0.4 is 4.74 Å². The number of para-hydroxylation sites is 1. The number of hydrogen-bond acceptors (Lipinski definition) is 3. The Kier molecular flexibility index (Phi) is 2.92. The van der Waals surface area contributed by atoms with Gasteiger partial charge in [0.2, 0.25) is 0 Å². The fourth-order valence-electron chi connectivity index (χ4n) is 2.14. The van der Waals surface area contributed by atoms with Gasteiger partial charge >= 0.3 is 0 Å². The summed E-state index contributed by atoms with van der Waals surface area (Å²) in [5.41, 5.74) is 1.18. The molecule has 3 heteroatoms. The summed E-state index contributed by atoms with van der Waals surface area (Å²) in [6, 6.07) is 15.5. The summed E-state index contributed by atoms with van der Waals surface area (Å²) < 4.78 is 5.95. The van der Waals surface area contributed by atoms with E-state index in [9.17, 15) is 5.11 Å². The highest BCUT2D eigenvalue weighted by molar-refractivity contribution is 7.99. The van der Waals surface area contributed by atoms with Crippen molar-refractivity contribution in [2.75, 3.05) is 0 Å². The van der Waals surface area contributed by atoms with Gasteiger partial charge in [0.1, 0.15) is 17.6 Å². The van der Waals surface area contributed by atoms with E-state index in [2.05, 4.69) is 13.0 Å². The lowest BCUT2D eigenvalue weighted by atomic mass is 10.1. The zero-order valence-corrected chi connectivity index (χ0v) is 10.9. The molecule has 0 saturated heterocycles. The molecule has 2 aromatic carbocycles. The number of ether oxygens (including phenoxy) is 1. The molecule has 0 fully saturated rings. The standard InChI is InChI=1S/C15H14O2S/c1-10-15(11-6-8-12(16)9-7-11)18-14-5-3-2-4-13(14)17-10/h2-10,15-16H,1H3/t10?,15-/m1/s1. The Morgan fingerprint density at radius 3 is 2.56 bits per heavy atom. The van der Waals surface area contributed by atoms with Crippen LogP contribution in [0.5, 0.6) is 11.5 Å². The minimum Gasteiger partial charge on any atom is -0.508 e. The molecule has 0 radical (unpaired) electrons. The van der Waals surface area contributed by atoms with Gasteiger partial charge in [0.15, 0.2) is 0 Å². The number of phenolic OH excluding ortho intramolecular Hbond substituents is 1. The van der Waals surface area contributed by atoms with Gasteiger partial charge in [0.25, 0.3) is 0 Å². The Balaban J connectivity index is 1.93. The van der Waals surface area contributed by atoms with Gasteiger partial charge < -0.3 is 9.84 Å². The van der Waals surface area contributed by atoms with Crippen molar-refractivity contribution >= 4 is 11.8 Å². The first kappa shape index (κ1) is 11.5. The molecule has 1 aliphatic heterocycles. The lowest BCUT2D eigenvalue weighted by Gasteiger charge is -2.31. The van der Waals surface area contributed by atoms with Gasteiger partial charge in [-0.25, -0.2) is 0 Å². The van der Waals surface area contributed by atoms with Crippen molar-refractivity contribution < 1.29 is 9.84 Å². The van der Waals surface area contributed by atoms with Crippen molar-refractivity contribution in [3.63, 3.8) is 0 Å². The summed E-state index contributed by atoms with van der Waals surface area (Å²) in [7, 11) is 0. The number of thioether (sulfide) groups is 1. The monoisotopic (exact) mass is 258 g/mol. The largest absolute Gasteiger partial charge is 0.508 e. The second-order valence-electron chi connectivity index (χ2n) is 4.40. The highest BCUT2D eigenvalue weighted by Gasteiger charge is 2.28. The highest BCUT2D eigenvalue weighted by atomic mass is 32.2. The third-order valence-electron chi connectivity index (χ3n) is 3.06. The summed E-state index contributed by atoms with van der Waals surface area (Å²) >= 11 is 1.82. The molecule has 1 aliphatic rings.